The van der Waals surface area contributed by atoms with Gasteiger partial charge in [0.2, 0.25) is 5.91 Å². The van der Waals surface area contributed by atoms with Gasteiger partial charge in [-0.1, -0.05) is 17.7 Å². The van der Waals surface area contributed by atoms with Gasteiger partial charge in [0, 0.05) is 38.2 Å². The molecular weight excluding hydrogens is 468 g/mol. The SMILES string of the molecule is COC[C@H]1C(=O)N(Cc2ccc3c(N)ncnc3c2)CCN1C(=O)Nc1cc(OC)c(Cl)s1. The Morgan fingerprint density at radius 2 is 2.12 bits per heavy atom. The number of carbonyl (C=O) groups is 2. The van der Waals surface area contributed by atoms with E-state index in [-0.39, 0.29) is 12.5 Å². The molecule has 12 heteroatoms. The lowest BCUT2D eigenvalue weighted by Crippen LogP contribution is -2.60. The maximum Gasteiger partial charge on any atom is 0.323 e. The van der Waals surface area contributed by atoms with E-state index in [0.29, 0.717) is 46.1 Å². The zero-order valence-corrected chi connectivity index (χ0v) is 19.7. The maximum absolute atomic E-state index is 13.2. The minimum absolute atomic E-state index is 0.0821. The Kier molecular flexibility index (Phi) is 6.82. The molecule has 1 aliphatic heterocycles. The average Bonchev–Trinajstić information content (AvgIpc) is 3.15. The van der Waals surface area contributed by atoms with Crippen molar-refractivity contribution in [2.45, 2.75) is 12.6 Å². The lowest BCUT2D eigenvalue weighted by molar-refractivity contribution is -0.142. The summed E-state index contributed by atoms with van der Waals surface area (Å²) in [4.78, 5) is 37.6. The summed E-state index contributed by atoms with van der Waals surface area (Å²) >= 11 is 7.28. The van der Waals surface area contributed by atoms with Crippen LogP contribution >= 0.6 is 22.9 Å². The number of anilines is 2. The second-order valence-corrected chi connectivity index (χ2v) is 9.07. The number of nitrogen functional groups attached to an aromatic ring is 1. The highest BCUT2D eigenvalue weighted by atomic mass is 35.5. The molecule has 0 bridgehead atoms. The summed E-state index contributed by atoms with van der Waals surface area (Å²) in [5, 5.41) is 4.09. The third kappa shape index (κ3) is 4.80. The predicted molar refractivity (Wildman–Crippen MR) is 127 cm³/mol. The van der Waals surface area contributed by atoms with Crippen LogP contribution in [0.25, 0.3) is 10.9 Å². The number of hydrogen-bond acceptors (Lipinski definition) is 8. The number of ether oxygens (including phenoxy) is 2. The zero-order chi connectivity index (χ0) is 23.5. The van der Waals surface area contributed by atoms with E-state index in [1.165, 1.54) is 36.8 Å². The molecule has 1 aromatic carbocycles. The molecule has 1 atom stereocenters. The fourth-order valence-electron chi connectivity index (χ4n) is 3.73. The second kappa shape index (κ2) is 9.77. The van der Waals surface area contributed by atoms with Gasteiger partial charge < -0.3 is 25.0 Å². The Morgan fingerprint density at radius 1 is 1.30 bits per heavy atom. The van der Waals surface area contributed by atoms with E-state index in [4.69, 9.17) is 26.8 Å². The molecule has 1 fully saturated rings. The molecule has 1 saturated heterocycles. The molecule has 4 rings (SSSR count). The number of hydrogen-bond donors (Lipinski definition) is 2. The monoisotopic (exact) mass is 490 g/mol. The van der Waals surface area contributed by atoms with Crippen molar-refractivity contribution in [3.8, 4) is 5.75 Å². The number of halogens is 1. The van der Waals surface area contributed by atoms with Gasteiger partial charge in [-0.15, -0.1) is 11.3 Å². The van der Waals surface area contributed by atoms with Gasteiger partial charge in [0.15, 0.2) is 5.75 Å². The van der Waals surface area contributed by atoms with E-state index < -0.39 is 12.1 Å². The van der Waals surface area contributed by atoms with Crippen molar-refractivity contribution in [3.63, 3.8) is 0 Å². The van der Waals surface area contributed by atoms with Gasteiger partial charge in [-0.25, -0.2) is 14.8 Å². The largest absolute Gasteiger partial charge is 0.494 e. The minimum Gasteiger partial charge on any atom is -0.494 e. The molecule has 0 saturated carbocycles. The van der Waals surface area contributed by atoms with Crippen LogP contribution in [0.15, 0.2) is 30.6 Å². The molecule has 10 nitrogen and oxygen atoms in total. The van der Waals surface area contributed by atoms with Crippen molar-refractivity contribution in [1.82, 2.24) is 19.8 Å². The molecule has 3 N–H and O–H groups in total. The lowest BCUT2D eigenvalue weighted by atomic mass is 10.1. The Hall–Kier alpha value is -3.15. The molecular formula is C21H23ClN6O4S. The topological polar surface area (TPSA) is 123 Å². The molecule has 3 aromatic rings. The number of rotatable bonds is 6. The van der Waals surface area contributed by atoms with E-state index in [1.54, 1.807) is 11.0 Å². The number of nitrogens with zero attached hydrogens (tertiary/aromatic N) is 4. The van der Waals surface area contributed by atoms with Crippen LogP contribution in [-0.2, 0) is 16.1 Å². The quantitative estimate of drug-likeness (QED) is 0.544. The number of benzene rings is 1. The van der Waals surface area contributed by atoms with Crippen molar-refractivity contribution in [1.29, 1.82) is 0 Å². The number of aromatic nitrogens is 2. The molecule has 2 aromatic heterocycles. The van der Waals surface area contributed by atoms with Gasteiger partial charge >= 0.3 is 6.03 Å². The van der Waals surface area contributed by atoms with Crippen LogP contribution < -0.4 is 15.8 Å². The van der Waals surface area contributed by atoms with Crippen LogP contribution in [0.4, 0.5) is 15.6 Å². The molecule has 3 amide bonds. The normalized spacial score (nSPS) is 16.3. The molecule has 3 heterocycles. The Labute approximate surface area is 199 Å². The predicted octanol–water partition coefficient (Wildman–Crippen LogP) is 2.83. The van der Waals surface area contributed by atoms with Gasteiger partial charge in [0.25, 0.3) is 0 Å². The molecule has 0 radical (unpaired) electrons. The Morgan fingerprint density at radius 3 is 2.85 bits per heavy atom. The lowest BCUT2D eigenvalue weighted by Gasteiger charge is -2.40. The van der Waals surface area contributed by atoms with Crippen LogP contribution in [0, 0.1) is 0 Å². The number of fused-ring (bicyclic) bond motifs is 1. The summed E-state index contributed by atoms with van der Waals surface area (Å²) < 4.78 is 10.8. The van der Waals surface area contributed by atoms with Gasteiger partial charge in [-0.3, -0.25) is 10.1 Å². The van der Waals surface area contributed by atoms with Gasteiger partial charge in [-0.05, 0) is 17.7 Å². The van der Waals surface area contributed by atoms with Gasteiger partial charge in [0.1, 0.15) is 27.5 Å². The first-order valence-electron chi connectivity index (χ1n) is 10.1. The van der Waals surface area contributed by atoms with E-state index in [1.807, 2.05) is 18.2 Å². The number of amides is 3. The highest BCUT2D eigenvalue weighted by molar-refractivity contribution is 7.20. The summed E-state index contributed by atoms with van der Waals surface area (Å²) in [7, 11) is 3.00. The third-order valence-electron chi connectivity index (χ3n) is 5.38. The molecule has 174 valence electrons. The average molecular weight is 491 g/mol. The summed E-state index contributed by atoms with van der Waals surface area (Å²) in [6, 6.07) is 6.13. The standard InChI is InChI=1S/C21H23ClN6O4S/c1-31-10-15-20(29)27(9-12-3-4-13-14(7-12)24-11-25-19(13)23)5-6-28(15)21(30)26-17-8-16(32-2)18(22)33-17/h3-4,7-8,11,15H,5-6,9-10H2,1-2H3,(H,26,30)(H2,23,24,25)/t15-/m0/s1. The van der Waals surface area contributed by atoms with Gasteiger partial charge in [-0.2, -0.15) is 0 Å². The summed E-state index contributed by atoms with van der Waals surface area (Å²) in [6.45, 7) is 1.19. The third-order valence-corrected chi connectivity index (χ3v) is 6.62. The first kappa shape index (κ1) is 23.0. The van der Waals surface area contributed by atoms with Crippen LogP contribution in [0.5, 0.6) is 5.75 Å². The number of nitrogens with one attached hydrogen (secondary N) is 1. The van der Waals surface area contributed by atoms with Gasteiger partial charge in [0.05, 0.1) is 19.2 Å². The van der Waals surface area contributed by atoms with Crippen molar-refractivity contribution >= 4 is 56.6 Å². The van der Waals surface area contributed by atoms with E-state index in [2.05, 4.69) is 15.3 Å². The minimum atomic E-state index is -0.750. The van der Waals surface area contributed by atoms with Crippen LogP contribution in [0.2, 0.25) is 4.34 Å². The molecule has 0 spiro atoms. The van der Waals surface area contributed by atoms with E-state index in [0.717, 1.165) is 10.9 Å². The first-order chi connectivity index (χ1) is 15.9. The van der Waals surface area contributed by atoms with Crippen LogP contribution in [-0.4, -0.2) is 71.7 Å². The first-order valence-corrected chi connectivity index (χ1v) is 11.3. The number of methoxy groups -OCH3 is 2. The van der Waals surface area contributed by atoms with Crippen molar-refractivity contribution in [3.05, 3.63) is 40.5 Å². The molecule has 1 aliphatic rings. The number of carbonyl (C=O) groups excluding carboxylic acids is 2. The number of piperazine rings is 1. The smallest absolute Gasteiger partial charge is 0.323 e. The van der Waals surface area contributed by atoms with E-state index in [9.17, 15) is 9.59 Å². The maximum atomic E-state index is 13.2. The Bertz CT molecular complexity index is 1190. The van der Waals surface area contributed by atoms with E-state index >= 15 is 0 Å². The van der Waals surface area contributed by atoms with Crippen molar-refractivity contribution < 1.29 is 19.1 Å². The Balaban J connectivity index is 1.48. The molecule has 0 unspecified atom stereocenters. The highest BCUT2D eigenvalue weighted by Gasteiger charge is 2.37. The molecule has 0 aliphatic carbocycles. The fourth-order valence-corrected chi connectivity index (χ4v) is 4.85. The van der Waals surface area contributed by atoms with Crippen molar-refractivity contribution in [2.24, 2.45) is 0 Å². The van der Waals surface area contributed by atoms with Crippen LogP contribution in [0.1, 0.15) is 5.56 Å². The highest BCUT2D eigenvalue weighted by Crippen LogP contribution is 2.37. The number of thiophene rings is 1. The summed E-state index contributed by atoms with van der Waals surface area (Å²) in [6.07, 6.45) is 1.41. The zero-order valence-electron chi connectivity index (χ0n) is 18.1. The van der Waals surface area contributed by atoms with Crippen LogP contribution in [0.3, 0.4) is 0 Å². The molecule has 33 heavy (non-hydrogen) atoms. The second-order valence-electron chi connectivity index (χ2n) is 7.42. The fraction of sp³-hybridized carbons (Fsp3) is 0.333. The number of nitrogens with two attached hydrogens (primary N) is 1. The summed E-state index contributed by atoms with van der Waals surface area (Å²) in [5.74, 6) is 0.697. The number of urea groups is 1. The summed E-state index contributed by atoms with van der Waals surface area (Å²) in [5.41, 5.74) is 7.51. The van der Waals surface area contributed by atoms with Crippen molar-refractivity contribution in [2.75, 3.05) is 45.0 Å².